The molecule has 14 heteroatoms. The van der Waals surface area contributed by atoms with E-state index in [2.05, 4.69) is 81.3 Å². The van der Waals surface area contributed by atoms with E-state index < -0.39 is 24.3 Å². The number of ether oxygens (including phenoxy) is 2. The van der Waals surface area contributed by atoms with Crippen molar-refractivity contribution in [1.29, 1.82) is 0 Å². The van der Waals surface area contributed by atoms with Crippen LogP contribution in [0.2, 0.25) is 0 Å². The molecular formula is C44H50N8O6. The van der Waals surface area contributed by atoms with Crippen LogP contribution in [0, 0.1) is 5.92 Å². The molecule has 4 heterocycles. The summed E-state index contributed by atoms with van der Waals surface area (Å²) in [5, 5.41) is 7.57. The zero-order chi connectivity index (χ0) is 40.7. The van der Waals surface area contributed by atoms with Crippen LogP contribution < -0.4 is 10.6 Å². The Kier molecular flexibility index (Phi) is 10.7. The topological polar surface area (TPSA) is 175 Å². The van der Waals surface area contributed by atoms with Gasteiger partial charge in [-0.25, -0.2) is 19.6 Å². The SMILES string of the molecule is CC[C@H](NC(=O)OC)C(=O)N1[C@H](C)CC[C@H]1c1ncc(-c2ccc(-c3ccc4cc(-c5cnc([C@@H]6C[C@H]7C[C@H]7N6C(=O)[C@H](CC)NC(=O)OC)[nH]5)ccc4c3)cc2)[nH]1. The van der Waals surface area contributed by atoms with Crippen LogP contribution in [0.3, 0.4) is 0 Å². The number of H-pyrrole nitrogens is 2. The van der Waals surface area contributed by atoms with Crippen molar-refractivity contribution in [2.75, 3.05) is 14.2 Å². The number of carbonyl (C=O) groups excluding carboxylic acids is 4. The van der Waals surface area contributed by atoms with Gasteiger partial charge in [-0.05, 0) is 91.0 Å². The number of piperidine rings is 1. The van der Waals surface area contributed by atoms with Gasteiger partial charge in [0.25, 0.3) is 0 Å². The molecule has 0 bridgehead atoms. The number of nitrogens with one attached hydrogen (secondary N) is 4. The summed E-state index contributed by atoms with van der Waals surface area (Å²) in [5.74, 6) is 1.71. The van der Waals surface area contributed by atoms with Crippen LogP contribution in [0.5, 0.6) is 0 Å². The Hall–Kier alpha value is -6.18. The van der Waals surface area contributed by atoms with E-state index in [1.165, 1.54) is 14.2 Å². The number of amides is 4. The van der Waals surface area contributed by atoms with Gasteiger partial charge in [-0.15, -0.1) is 0 Å². The van der Waals surface area contributed by atoms with Crippen LogP contribution >= 0.6 is 0 Å². The van der Waals surface area contributed by atoms with Crippen molar-refractivity contribution < 1.29 is 28.7 Å². The maximum Gasteiger partial charge on any atom is 0.407 e. The van der Waals surface area contributed by atoms with Gasteiger partial charge in [0.2, 0.25) is 11.8 Å². The minimum Gasteiger partial charge on any atom is -0.453 e. The molecule has 2 aliphatic heterocycles. The number of benzene rings is 3. The van der Waals surface area contributed by atoms with E-state index in [-0.39, 0.29) is 36.0 Å². The summed E-state index contributed by atoms with van der Waals surface area (Å²) in [6.45, 7) is 5.78. The molecule has 2 saturated heterocycles. The van der Waals surface area contributed by atoms with E-state index >= 15 is 0 Å². The van der Waals surface area contributed by atoms with E-state index in [1.807, 2.05) is 43.0 Å². The number of likely N-dealkylation sites (tertiary alicyclic amines) is 2. The number of nitrogens with zero attached hydrogens (tertiary/aromatic N) is 4. The molecule has 4 amide bonds. The van der Waals surface area contributed by atoms with Crippen molar-refractivity contribution in [1.82, 2.24) is 40.4 Å². The highest BCUT2D eigenvalue weighted by Gasteiger charge is 2.56. The predicted octanol–water partition coefficient (Wildman–Crippen LogP) is 7.27. The first kappa shape index (κ1) is 38.7. The monoisotopic (exact) mass is 786 g/mol. The maximum absolute atomic E-state index is 13.6. The molecule has 58 heavy (non-hydrogen) atoms. The molecule has 2 aromatic heterocycles. The van der Waals surface area contributed by atoms with Gasteiger partial charge in [0, 0.05) is 17.6 Å². The minimum atomic E-state index is -0.670. The standard InChI is InChI=1S/C44H50N8O6/c1-6-32(49-43(55)57-4)41(53)51-24(3)8-17-36(51)39-45-22-34(47-39)26-11-9-25(10-12-26)27-13-14-29-19-30(16-15-28(29)18-27)35-23-46-40(48-35)38-21-31-20-37(31)52(38)42(54)33(7-2)50-44(56)58-5/h9-16,18-19,22-24,31-33,36-38H,6-8,17,20-21H2,1-5H3,(H,45,47)(H,46,48)(H,49,55)(H,50,56)/t24-,31-,32+,33+,36+,37-,38+/m1/s1. The number of aromatic amines is 2. The third-order valence-corrected chi connectivity index (χ3v) is 12.2. The predicted molar refractivity (Wildman–Crippen MR) is 218 cm³/mol. The lowest BCUT2D eigenvalue weighted by Gasteiger charge is -2.31. The Morgan fingerprint density at radius 3 is 1.81 bits per heavy atom. The molecule has 3 aliphatic rings. The van der Waals surface area contributed by atoms with Gasteiger partial charge in [-0.3, -0.25) is 9.59 Å². The fourth-order valence-electron chi connectivity index (χ4n) is 8.82. The minimum absolute atomic E-state index is 0.0152. The van der Waals surface area contributed by atoms with Crippen LogP contribution in [0.1, 0.15) is 83.0 Å². The zero-order valence-corrected chi connectivity index (χ0v) is 33.5. The van der Waals surface area contributed by atoms with E-state index in [9.17, 15) is 19.2 Å². The zero-order valence-electron chi connectivity index (χ0n) is 33.5. The molecule has 5 aromatic rings. The fourth-order valence-corrected chi connectivity index (χ4v) is 8.82. The smallest absolute Gasteiger partial charge is 0.407 e. The maximum atomic E-state index is 13.6. The van der Waals surface area contributed by atoms with Crippen LogP contribution in [-0.2, 0) is 19.1 Å². The van der Waals surface area contributed by atoms with Crippen LogP contribution in [0.25, 0.3) is 44.4 Å². The largest absolute Gasteiger partial charge is 0.453 e. The highest BCUT2D eigenvalue weighted by atomic mass is 16.5. The van der Waals surface area contributed by atoms with Crippen molar-refractivity contribution in [3.63, 3.8) is 0 Å². The lowest BCUT2D eigenvalue weighted by molar-refractivity contribution is -0.136. The molecule has 4 N–H and O–H groups in total. The lowest BCUT2D eigenvalue weighted by atomic mass is 9.98. The van der Waals surface area contributed by atoms with Gasteiger partial charge < -0.3 is 39.9 Å². The molecule has 14 nitrogen and oxygen atoms in total. The van der Waals surface area contributed by atoms with E-state index in [0.717, 1.165) is 81.7 Å². The number of fused-ring (bicyclic) bond motifs is 2. The van der Waals surface area contributed by atoms with Crippen LogP contribution in [0.4, 0.5) is 9.59 Å². The summed E-state index contributed by atoms with van der Waals surface area (Å²) in [6.07, 6.45) is 6.80. The van der Waals surface area contributed by atoms with Gasteiger partial charge in [-0.1, -0.05) is 62.4 Å². The Morgan fingerprint density at radius 1 is 0.690 bits per heavy atom. The number of rotatable bonds is 11. The second-order valence-electron chi connectivity index (χ2n) is 15.7. The average molecular weight is 787 g/mol. The second kappa shape index (κ2) is 16.0. The van der Waals surface area contributed by atoms with E-state index in [1.54, 1.807) is 0 Å². The average Bonchev–Trinajstić information content (AvgIpc) is 3.73. The van der Waals surface area contributed by atoms with Gasteiger partial charge >= 0.3 is 12.2 Å². The van der Waals surface area contributed by atoms with Crippen LogP contribution in [0.15, 0.2) is 73.1 Å². The van der Waals surface area contributed by atoms with Crippen molar-refractivity contribution >= 4 is 34.8 Å². The number of imidazole rings is 2. The molecule has 1 aliphatic carbocycles. The number of alkyl carbamates (subject to hydrolysis) is 2. The molecule has 0 radical (unpaired) electrons. The van der Waals surface area contributed by atoms with Crippen molar-refractivity contribution in [3.05, 3.63) is 84.7 Å². The fraction of sp³-hybridized carbons (Fsp3) is 0.409. The van der Waals surface area contributed by atoms with E-state index in [4.69, 9.17) is 19.4 Å². The van der Waals surface area contributed by atoms with Gasteiger partial charge in [-0.2, -0.15) is 0 Å². The molecular weight excluding hydrogens is 737 g/mol. The summed E-state index contributed by atoms with van der Waals surface area (Å²) in [6, 6.07) is 19.6. The second-order valence-corrected chi connectivity index (χ2v) is 15.7. The van der Waals surface area contributed by atoms with Crippen molar-refractivity contribution in [3.8, 4) is 33.6 Å². The Bertz CT molecular complexity index is 2340. The molecule has 3 fully saturated rings. The first-order chi connectivity index (χ1) is 28.1. The molecule has 302 valence electrons. The van der Waals surface area contributed by atoms with Crippen molar-refractivity contribution in [2.24, 2.45) is 5.92 Å². The number of hydrogen-bond acceptors (Lipinski definition) is 8. The third-order valence-electron chi connectivity index (χ3n) is 12.2. The Morgan fingerprint density at radius 2 is 1.21 bits per heavy atom. The number of aromatic nitrogens is 4. The van der Waals surface area contributed by atoms with Gasteiger partial charge in [0.05, 0.1) is 50.1 Å². The summed E-state index contributed by atoms with van der Waals surface area (Å²) in [7, 11) is 2.59. The third kappa shape index (κ3) is 7.38. The first-order valence-electron chi connectivity index (χ1n) is 20.2. The highest BCUT2D eigenvalue weighted by molar-refractivity contribution is 5.91. The molecule has 8 rings (SSSR count). The van der Waals surface area contributed by atoms with Gasteiger partial charge in [0.15, 0.2) is 0 Å². The summed E-state index contributed by atoms with van der Waals surface area (Å²) in [5.41, 5.74) is 5.92. The lowest BCUT2D eigenvalue weighted by Crippen LogP contribution is -2.50. The number of methoxy groups -OCH3 is 2. The number of carbonyl (C=O) groups is 4. The molecule has 0 spiro atoms. The number of hydrogen-bond donors (Lipinski definition) is 4. The molecule has 7 atom stereocenters. The molecule has 3 aromatic carbocycles. The Balaban J connectivity index is 0.947. The van der Waals surface area contributed by atoms with Crippen LogP contribution in [-0.4, -0.2) is 92.1 Å². The summed E-state index contributed by atoms with van der Waals surface area (Å²) < 4.78 is 9.50. The summed E-state index contributed by atoms with van der Waals surface area (Å²) >= 11 is 0. The van der Waals surface area contributed by atoms with Gasteiger partial charge in [0.1, 0.15) is 23.7 Å². The normalized spacial score (nSPS) is 22.0. The Labute approximate surface area is 337 Å². The molecule has 0 unspecified atom stereocenters. The quantitative estimate of drug-likeness (QED) is 0.108. The first-order valence-corrected chi connectivity index (χ1v) is 20.2. The molecule has 1 saturated carbocycles. The van der Waals surface area contributed by atoms with Crippen molar-refractivity contribution in [2.45, 2.75) is 95.5 Å². The highest BCUT2D eigenvalue weighted by Crippen LogP contribution is 2.53. The summed E-state index contributed by atoms with van der Waals surface area (Å²) in [4.78, 5) is 71.2. The van der Waals surface area contributed by atoms with E-state index in [0.29, 0.717) is 18.8 Å².